The molecular formula is C31H30N2O6S. The van der Waals surface area contributed by atoms with Gasteiger partial charge in [-0.05, 0) is 61.4 Å². The molecule has 0 aliphatic carbocycles. The number of hydrogen-bond donors (Lipinski definition) is 0. The molecule has 3 aromatic carbocycles. The Bertz CT molecular complexity index is 1820. The Morgan fingerprint density at radius 1 is 1.00 bits per heavy atom. The average Bonchev–Trinajstić information content (AvgIpc) is 3.27. The van der Waals surface area contributed by atoms with E-state index in [-0.39, 0.29) is 12.2 Å². The molecule has 0 saturated heterocycles. The fourth-order valence-corrected chi connectivity index (χ4v) is 6.00. The third-order valence-electron chi connectivity index (χ3n) is 6.75. The Labute approximate surface area is 235 Å². The lowest BCUT2D eigenvalue weighted by Crippen LogP contribution is -2.40. The lowest BCUT2D eigenvalue weighted by atomic mass is 9.95. The van der Waals surface area contributed by atoms with E-state index >= 15 is 0 Å². The third kappa shape index (κ3) is 4.77. The molecule has 0 saturated carbocycles. The zero-order valence-electron chi connectivity index (χ0n) is 23.0. The van der Waals surface area contributed by atoms with E-state index in [4.69, 9.17) is 18.9 Å². The molecule has 1 atom stereocenters. The number of thiazole rings is 1. The van der Waals surface area contributed by atoms with E-state index in [2.05, 4.69) is 4.99 Å². The molecule has 0 radical (unpaired) electrons. The number of allylic oxidation sites excluding steroid dienone is 1. The molecule has 4 aromatic rings. The smallest absolute Gasteiger partial charge is 0.338 e. The van der Waals surface area contributed by atoms with Gasteiger partial charge in [0, 0.05) is 5.56 Å². The van der Waals surface area contributed by atoms with Gasteiger partial charge in [0.05, 0.1) is 49.3 Å². The second-order valence-corrected chi connectivity index (χ2v) is 10.1. The van der Waals surface area contributed by atoms with Crippen LogP contribution in [-0.2, 0) is 9.53 Å². The highest BCUT2D eigenvalue weighted by atomic mass is 32.1. The predicted molar refractivity (Wildman–Crippen MR) is 155 cm³/mol. The van der Waals surface area contributed by atoms with E-state index in [1.54, 1.807) is 44.8 Å². The molecule has 40 heavy (non-hydrogen) atoms. The number of aromatic nitrogens is 1. The van der Waals surface area contributed by atoms with Crippen LogP contribution in [0.5, 0.6) is 17.2 Å². The van der Waals surface area contributed by atoms with Gasteiger partial charge in [0.1, 0.15) is 5.75 Å². The molecule has 0 N–H and O–H groups in total. The number of carbonyl (C=O) groups excluding carboxylic acids is 1. The zero-order valence-corrected chi connectivity index (χ0v) is 23.8. The van der Waals surface area contributed by atoms with Crippen molar-refractivity contribution >= 4 is 34.2 Å². The summed E-state index contributed by atoms with van der Waals surface area (Å²) in [5, 5.41) is 2.01. The second kappa shape index (κ2) is 11.4. The first-order valence-corrected chi connectivity index (χ1v) is 13.8. The highest BCUT2D eigenvalue weighted by Gasteiger charge is 2.34. The molecule has 9 heteroatoms. The quantitative estimate of drug-likeness (QED) is 0.299. The average molecular weight is 559 g/mol. The van der Waals surface area contributed by atoms with Crippen molar-refractivity contribution in [3.63, 3.8) is 0 Å². The van der Waals surface area contributed by atoms with Gasteiger partial charge in [-0.15, -0.1) is 0 Å². The number of fused-ring (bicyclic) bond motifs is 2. The Kier molecular flexibility index (Phi) is 7.75. The standard InChI is InChI=1S/C31H30N2O6S/c1-6-38-23-14-12-19-10-8-9-11-21(19)22(23)17-26-29(34)33-28(20-13-15-24(36-4)25(16-20)37-5)27(30(35)39-7-2)18(3)32-31(33)40-26/h8-17,28H,6-7H2,1-5H3/b26-17+/t28-/m1/s1. The normalized spacial score (nSPS) is 15.0. The van der Waals surface area contributed by atoms with Crippen LogP contribution in [0.25, 0.3) is 16.8 Å². The van der Waals surface area contributed by atoms with E-state index in [9.17, 15) is 9.59 Å². The summed E-state index contributed by atoms with van der Waals surface area (Å²) in [7, 11) is 3.10. The minimum Gasteiger partial charge on any atom is -0.493 e. The number of benzene rings is 3. The van der Waals surface area contributed by atoms with Crippen molar-refractivity contribution in [1.82, 2.24) is 4.57 Å². The minimum atomic E-state index is -0.767. The van der Waals surface area contributed by atoms with Crippen molar-refractivity contribution in [2.45, 2.75) is 26.8 Å². The van der Waals surface area contributed by atoms with Crippen LogP contribution in [0.1, 0.15) is 37.9 Å². The van der Waals surface area contributed by atoms with Crippen molar-refractivity contribution in [3.05, 3.63) is 96.7 Å². The lowest BCUT2D eigenvalue weighted by molar-refractivity contribution is -0.139. The van der Waals surface area contributed by atoms with Crippen LogP contribution in [0.15, 0.2) is 75.7 Å². The first kappa shape index (κ1) is 27.2. The number of carbonyl (C=O) groups is 1. The van der Waals surface area contributed by atoms with E-state index in [1.807, 2.05) is 55.5 Å². The molecular weight excluding hydrogens is 528 g/mol. The lowest BCUT2D eigenvalue weighted by Gasteiger charge is -2.25. The summed E-state index contributed by atoms with van der Waals surface area (Å²) in [5.41, 5.74) is 2.00. The Hall–Kier alpha value is -4.37. The summed E-state index contributed by atoms with van der Waals surface area (Å²) in [4.78, 5) is 32.5. The van der Waals surface area contributed by atoms with Crippen LogP contribution in [-0.4, -0.2) is 38.0 Å². The van der Waals surface area contributed by atoms with Gasteiger partial charge in [-0.2, -0.15) is 0 Å². The number of hydrogen-bond acceptors (Lipinski definition) is 8. The molecule has 1 aromatic heterocycles. The number of methoxy groups -OCH3 is 2. The molecule has 0 amide bonds. The fourth-order valence-electron chi connectivity index (χ4n) is 4.97. The molecule has 1 aliphatic rings. The Balaban J connectivity index is 1.78. The van der Waals surface area contributed by atoms with E-state index in [0.717, 1.165) is 16.3 Å². The van der Waals surface area contributed by atoms with Crippen LogP contribution in [0.4, 0.5) is 0 Å². The summed E-state index contributed by atoms with van der Waals surface area (Å²) >= 11 is 1.27. The fraction of sp³-hybridized carbons (Fsp3) is 0.258. The molecule has 8 nitrogen and oxygen atoms in total. The number of esters is 1. The summed E-state index contributed by atoms with van der Waals surface area (Å²) < 4.78 is 24.3. The largest absolute Gasteiger partial charge is 0.493 e. The maximum absolute atomic E-state index is 14.1. The molecule has 0 unspecified atom stereocenters. The summed E-state index contributed by atoms with van der Waals surface area (Å²) in [5.74, 6) is 1.19. The second-order valence-electron chi connectivity index (χ2n) is 9.05. The van der Waals surface area contributed by atoms with Gasteiger partial charge in [0.15, 0.2) is 16.3 Å². The van der Waals surface area contributed by atoms with Crippen LogP contribution in [0.2, 0.25) is 0 Å². The first-order chi connectivity index (χ1) is 19.4. The van der Waals surface area contributed by atoms with Gasteiger partial charge in [-0.25, -0.2) is 9.79 Å². The molecule has 5 rings (SSSR count). The highest BCUT2D eigenvalue weighted by molar-refractivity contribution is 7.07. The van der Waals surface area contributed by atoms with Gasteiger partial charge in [-0.1, -0.05) is 47.7 Å². The Morgan fingerprint density at radius 3 is 2.48 bits per heavy atom. The van der Waals surface area contributed by atoms with Crippen molar-refractivity contribution < 1.29 is 23.7 Å². The molecule has 2 heterocycles. The van der Waals surface area contributed by atoms with Crippen molar-refractivity contribution in [2.24, 2.45) is 4.99 Å². The van der Waals surface area contributed by atoms with Crippen molar-refractivity contribution in [3.8, 4) is 17.2 Å². The SMILES string of the molecule is CCOC(=O)C1=C(C)N=c2s/c(=C/c3c(OCC)ccc4ccccc34)c(=O)n2[C@@H]1c1ccc(OC)c(OC)c1. The van der Waals surface area contributed by atoms with Gasteiger partial charge in [0.25, 0.3) is 5.56 Å². The maximum atomic E-state index is 14.1. The first-order valence-electron chi connectivity index (χ1n) is 13.0. The maximum Gasteiger partial charge on any atom is 0.338 e. The zero-order chi connectivity index (χ0) is 28.4. The summed E-state index contributed by atoms with van der Waals surface area (Å²) in [6, 6.07) is 16.5. The van der Waals surface area contributed by atoms with Crippen LogP contribution >= 0.6 is 11.3 Å². The van der Waals surface area contributed by atoms with Crippen molar-refractivity contribution in [1.29, 1.82) is 0 Å². The van der Waals surface area contributed by atoms with E-state index < -0.39 is 12.0 Å². The molecule has 0 fully saturated rings. The van der Waals surface area contributed by atoms with E-state index in [0.29, 0.717) is 50.0 Å². The summed E-state index contributed by atoms with van der Waals surface area (Å²) in [6.45, 7) is 6.11. The molecule has 1 aliphatic heterocycles. The summed E-state index contributed by atoms with van der Waals surface area (Å²) in [6.07, 6.45) is 1.85. The monoisotopic (exact) mass is 558 g/mol. The number of nitrogens with zero attached hydrogens (tertiary/aromatic N) is 2. The minimum absolute atomic E-state index is 0.194. The topological polar surface area (TPSA) is 88.4 Å². The number of ether oxygens (including phenoxy) is 4. The van der Waals surface area contributed by atoms with Crippen LogP contribution in [0.3, 0.4) is 0 Å². The molecule has 0 spiro atoms. The van der Waals surface area contributed by atoms with Crippen LogP contribution in [0, 0.1) is 0 Å². The molecule has 0 bridgehead atoms. The third-order valence-corrected chi connectivity index (χ3v) is 7.73. The molecule has 206 valence electrons. The van der Waals surface area contributed by atoms with Crippen molar-refractivity contribution in [2.75, 3.05) is 27.4 Å². The van der Waals surface area contributed by atoms with Gasteiger partial charge in [0.2, 0.25) is 0 Å². The highest BCUT2D eigenvalue weighted by Crippen LogP contribution is 2.36. The Morgan fingerprint density at radius 2 is 1.75 bits per heavy atom. The van der Waals surface area contributed by atoms with Crippen LogP contribution < -0.4 is 29.1 Å². The number of rotatable bonds is 8. The van der Waals surface area contributed by atoms with E-state index in [1.165, 1.54) is 11.3 Å². The predicted octanol–water partition coefficient (Wildman–Crippen LogP) is 4.37. The van der Waals surface area contributed by atoms with Gasteiger partial charge < -0.3 is 18.9 Å². The van der Waals surface area contributed by atoms with Gasteiger partial charge in [-0.3, -0.25) is 9.36 Å². The van der Waals surface area contributed by atoms with Gasteiger partial charge >= 0.3 is 5.97 Å².